The Balaban J connectivity index is 1.24. The van der Waals surface area contributed by atoms with Gasteiger partial charge in [-0.15, -0.1) is 0 Å². The molecule has 0 N–H and O–H groups in total. The molecule has 0 bridgehead atoms. The van der Waals surface area contributed by atoms with Crippen molar-refractivity contribution in [2.24, 2.45) is 0 Å². The van der Waals surface area contributed by atoms with Gasteiger partial charge in [-0.3, -0.25) is 0 Å². The van der Waals surface area contributed by atoms with Crippen LogP contribution in [0.2, 0.25) is 0 Å². The minimum Gasteiger partial charge on any atom is -0.455 e. The van der Waals surface area contributed by atoms with Gasteiger partial charge in [-0.2, -0.15) is 0 Å². The molecule has 0 radical (unpaired) electrons. The van der Waals surface area contributed by atoms with Gasteiger partial charge in [-0.25, -0.2) is 0 Å². The fraction of sp³-hybridized carbons (Fsp3) is 0. The fourth-order valence-corrected chi connectivity index (χ4v) is 6.78. The first-order chi connectivity index (χ1) is 21.8. The van der Waals surface area contributed by atoms with E-state index in [9.17, 15) is 0 Å². The minimum atomic E-state index is 0.915. The van der Waals surface area contributed by atoms with E-state index in [0.29, 0.717) is 0 Å². The molecule has 2 heteroatoms. The Morgan fingerprint density at radius 1 is 0.364 bits per heavy atom. The molecule has 0 saturated heterocycles. The molecule has 2 heterocycles. The zero-order valence-corrected chi connectivity index (χ0v) is 23.9. The van der Waals surface area contributed by atoms with Gasteiger partial charge in [0.2, 0.25) is 0 Å². The van der Waals surface area contributed by atoms with Gasteiger partial charge in [0.15, 0.2) is 0 Å². The van der Waals surface area contributed by atoms with Crippen molar-refractivity contribution in [2.45, 2.75) is 0 Å². The summed E-state index contributed by atoms with van der Waals surface area (Å²) in [6.07, 6.45) is 0. The Morgan fingerprint density at radius 3 is 1.91 bits per heavy atom. The molecule has 9 rings (SSSR count). The third-order valence-corrected chi connectivity index (χ3v) is 8.81. The molecule has 2 nitrogen and oxygen atoms in total. The topological polar surface area (TPSA) is 18.1 Å². The number of fused-ring (bicyclic) bond motifs is 6. The molecule has 0 aliphatic rings. The van der Waals surface area contributed by atoms with Crippen molar-refractivity contribution in [2.75, 3.05) is 0 Å². The molecule has 44 heavy (non-hydrogen) atoms. The van der Waals surface area contributed by atoms with Gasteiger partial charge < -0.3 is 8.98 Å². The van der Waals surface area contributed by atoms with E-state index >= 15 is 0 Å². The summed E-state index contributed by atoms with van der Waals surface area (Å²) in [4.78, 5) is 0. The highest BCUT2D eigenvalue weighted by molar-refractivity contribution is 6.11. The number of hydrogen-bond acceptors (Lipinski definition) is 1. The summed E-state index contributed by atoms with van der Waals surface area (Å²) in [6, 6.07) is 58.5. The Morgan fingerprint density at radius 2 is 1.00 bits per heavy atom. The fourth-order valence-electron chi connectivity index (χ4n) is 6.78. The van der Waals surface area contributed by atoms with Crippen molar-refractivity contribution in [3.05, 3.63) is 164 Å². The zero-order chi connectivity index (χ0) is 29.0. The number of furan rings is 1. The van der Waals surface area contributed by atoms with E-state index in [1.165, 1.54) is 38.5 Å². The van der Waals surface area contributed by atoms with Gasteiger partial charge >= 0.3 is 0 Å². The second-order valence-electron chi connectivity index (χ2n) is 11.3. The highest BCUT2D eigenvalue weighted by atomic mass is 16.3. The van der Waals surface area contributed by atoms with Crippen molar-refractivity contribution >= 4 is 43.7 Å². The average molecular weight is 562 g/mol. The summed E-state index contributed by atoms with van der Waals surface area (Å²) in [5.74, 6) is 0. The molecular weight excluding hydrogens is 534 g/mol. The van der Waals surface area contributed by atoms with Crippen molar-refractivity contribution in [3.8, 4) is 39.1 Å². The van der Waals surface area contributed by atoms with Crippen LogP contribution in [-0.4, -0.2) is 4.57 Å². The second-order valence-corrected chi connectivity index (χ2v) is 11.3. The van der Waals surface area contributed by atoms with Crippen LogP contribution < -0.4 is 0 Å². The zero-order valence-electron chi connectivity index (χ0n) is 23.9. The monoisotopic (exact) mass is 561 g/mol. The molecule has 9 aromatic rings. The lowest BCUT2D eigenvalue weighted by molar-refractivity contribution is 0.670. The number of nitrogens with zero attached hydrogens (tertiary/aromatic N) is 1. The van der Waals surface area contributed by atoms with Crippen molar-refractivity contribution in [1.82, 2.24) is 4.57 Å². The molecule has 0 aliphatic carbocycles. The first kappa shape index (κ1) is 24.7. The summed E-state index contributed by atoms with van der Waals surface area (Å²) in [6.45, 7) is 0. The van der Waals surface area contributed by atoms with Crippen LogP contribution in [0.25, 0.3) is 82.8 Å². The number of benzene rings is 7. The largest absolute Gasteiger partial charge is 0.455 e. The second kappa shape index (κ2) is 9.86. The van der Waals surface area contributed by atoms with Crippen LogP contribution >= 0.6 is 0 Å². The van der Waals surface area contributed by atoms with Crippen LogP contribution in [0, 0.1) is 0 Å². The summed E-state index contributed by atoms with van der Waals surface area (Å²) in [5, 5.41) is 4.79. The number of hydrogen-bond donors (Lipinski definition) is 0. The van der Waals surface area contributed by atoms with Gasteiger partial charge in [0, 0.05) is 32.7 Å². The van der Waals surface area contributed by atoms with Gasteiger partial charge in [0.25, 0.3) is 0 Å². The van der Waals surface area contributed by atoms with E-state index < -0.39 is 0 Å². The predicted molar refractivity (Wildman–Crippen MR) is 184 cm³/mol. The molecule has 0 atom stereocenters. The van der Waals surface area contributed by atoms with E-state index in [4.69, 9.17) is 4.42 Å². The standard InChI is InChI=1S/C42H27NO/c1-2-12-28(13-3-1)29-24-25-40-37(27-29)34-17-5-8-22-39(34)43(40)38-21-7-4-16-32(38)30-14-10-15-31(26-30)33-19-11-20-36-35-18-6-9-23-41(35)44-42(33)36/h1-27H. The van der Waals surface area contributed by atoms with Crippen LogP contribution in [0.5, 0.6) is 0 Å². The van der Waals surface area contributed by atoms with Crippen molar-refractivity contribution in [3.63, 3.8) is 0 Å². The molecule has 0 unspecified atom stereocenters. The maximum absolute atomic E-state index is 6.40. The maximum atomic E-state index is 6.40. The minimum absolute atomic E-state index is 0.915. The molecule has 0 spiro atoms. The van der Waals surface area contributed by atoms with Crippen LogP contribution in [-0.2, 0) is 0 Å². The van der Waals surface area contributed by atoms with Crippen LogP contribution in [0.3, 0.4) is 0 Å². The summed E-state index contributed by atoms with van der Waals surface area (Å²) >= 11 is 0. The predicted octanol–water partition coefficient (Wildman–Crippen LogP) is 11.7. The molecule has 0 fully saturated rings. The maximum Gasteiger partial charge on any atom is 0.143 e. The quantitative estimate of drug-likeness (QED) is 0.209. The van der Waals surface area contributed by atoms with E-state index in [-0.39, 0.29) is 0 Å². The Labute approximate surface area is 255 Å². The molecule has 7 aromatic carbocycles. The van der Waals surface area contributed by atoms with E-state index in [0.717, 1.165) is 44.3 Å². The van der Waals surface area contributed by atoms with Gasteiger partial charge in [-0.05, 0) is 58.7 Å². The van der Waals surface area contributed by atoms with Gasteiger partial charge in [0.1, 0.15) is 11.2 Å². The van der Waals surface area contributed by atoms with Crippen LogP contribution in [0.15, 0.2) is 168 Å². The molecule has 206 valence electrons. The Bertz CT molecular complexity index is 2500. The Kier molecular flexibility index (Phi) is 5.54. The van der Waals surface area contributed by atoms with E-state index in [1.807, 2.05) is 12.1 Å². The SMILES string of the molecule is c1ccc(-c2ccc3c(c2)c2ccccc2n3-c2ccccc2-c2cccc(-c3cccc4c3oc3ccccc34)c2)cc1. The van der Waals surface area contributed by atoms with Crippen LogP contribution in [0.1, 0.15) is 0 Å². The lowest BCUT2D eigenvalue weighted by atomic mass is 9.96. The molecule has 0 amide bonds. The molecule has 2 aromatic heterocycles. The summed E-state index contributed by atoms with van der Waals surface area (Å²) in [7, 11) is 0. The first-order valence-electron chi connectivity index (χ1n) is 15.0. The number of rotatable bonds is 4. The van der Waals surface area contributed by atoms with Crippen molar-refractivity contribution < 1.29 is 4.42 Å². The average Bonchev–Trinajstić information content (AvgIpc) is 3.64. The van der Waals surface area contributed by atoms with E-state index in [2.05, 4.69) is 156 Å². The Hall–Kier alpha value is -5.86. The lowest BCUT2D eigenvalue weighted by Crippen LogP contribution is -1.97. The first-order valence-corrected chi connectivity index (χ1v) is 15.0. The van der Waals surface area contributed by atoms with Crippen LogP contribution in [0.4, 0.5) is 0 Å². The lowest BCUT2D eigenvalue weighted by Gasteiger charge is -2.15. The highest BCUT2D eigenvalue weighted by Crippen LogP contribution is 2.40. The smallest absolute Gasteiger partial charge is 0.143 e. The van der Waals surface area contributed by atoms with E-state index in [1.54, 1.807) is 0 Å². The summed E-state index contributed by atoms with van der Waals surface area (Å²) in [5.41, 5.74) is 12.4. The molecule has 0 aliphatic heterocycles. The third kappa shape index (κ3) is 3.82. The number of aromatic nitrogens is 1. The highest BCUT2D eigenvalue weighted by Gasteiger charge is 2.17. The van der Waals surface area contributed by atoms with Gasteiger partial charge in [0.05, 0.1) is 16.7 Å². The van der Waals surface area contributed by atoms with Crippen molar-refractivity contribution in [1.29, 1.82) is 0 Å². The third-order valence-electron chi connectivity index (χ3n) is 8.81. The normalized spacial score (nSPS) is 11.6. The molecular formula is C42H27NO. The number of para-hydroxylation sites is 4. The van der Waals surface area contributed by atoms with Gasteiger partial charge in [-0.1, -0.05) is 127 Å². The summed E-state index contributed by atoms with van der Waals surface area (Å²) < 4.78 is 8.82. The molecule has 0 saturated carbocycles.